The smallest absolute Gasteiger partial charge is 0.101 e. The molecule has 0 radical (unpaired) electrons. The average molecular weight is 568 g/mol. The van der Waals surface area contributed by atoms with Crippen LogP contribution in [0.5, 0.6) is 0 Å². The van der Waals surface area contributed by atoms with Crippen LogP contribution in [-0.2, 0) is 19.5 Å². The van der Waals surface area contributed by atoms with Gasteiger partial charge in [0.1, 0.15) is 12.3 Å². The minimum atomic E-state index is -0.783. The zero-order valence-corrected chi connectivity index (χ0v) is 23.1. The Kier molecular flexibility index (Phi) is 11.5. The van der Waals surface area contributed by atoms with E-state index in [0.29, 0.717) is 0 Å². The molecule has 5 aromatic carbocycles. The van der Waals surface area contributed by atoms with E-state index < -0.39 is 15.8 Å². The summed E-state index contributed by atoms with van der Waals surface area (Å²) in [5.74, 6) is 0. The number of hydrogen-bond acceptors (Lipinski definition) is 0. The van der Waals surface area contributed by atoms with Crippen LogP contribution < -0.4 is 21.2 Å². The maximum Gasteiger partial charge on any atom is 0.101 e. The fourth-order valence-electron chi connectivity index (χ4n) is 4.04. The maximum absolute atomic E-state index is 2.32. The number of benzene rings is 4. The van der Waals surface area contributed by atoms with Crippen LogP contribution in [-0.4, -0.2) is 12.3 Å². The zero-order valence-electron chi connectivity index (χ0n) is 19.2. The third kappa shape index (κ3) is 7.89. The van der Waals surface area contributed by atoms with Gasteiger partial charge in [-0.2, -0.15) is 18.2 Å². The molecule has 0 nitrogen and oxygen atoms in total. The summed E-state index contributed by atoms with van der Waals surface area (Å²) in [4.78, 5) is 0. The Labute approximate surface area is 219 Å². The SMILES string of the molecule is [RuH].c1cc[cH-]c1.c1ccc([PH+](CC[PH+](c2ccccc2)c2ccccc2)c2ccccc2)cc1. The second kappa shape index (κ2) is 14.9. The van der Waals surface area contributed by atoms with Gasteiger partial charge in [0.25, 0.3) is 0 Å². The van der Waals surface area contributed by atoms with Crippen molar-refractivity contribution in [3.05, 3.63) is 152 Å². The summed E-state index contributed by atoms with van der Waals surface area (Å²) >= 11 is 0. The van der Waals surface area contributed by atoms with Crippen molar-refractivity contribution in [2.75, 3.05) is 12.3 Å². The van der Waals surface area contributed by atoms with E-state index in [2.05, 4.69) is 121 Å². The van der Waals surface area contributed by atoms with Crippen LogP contribution in [0.1, 0.15) is 0 Å². The first-order chi connectivity index (χ1) is 16.4. The van der Waals surface area contributed by atoms with Gasteiger partial charge in [0.2, 0.25) is 0 Å². The van der Waals surface area contributed by atoms with Crippen molar-refractivity contribution in [2.45, 2.75) is 0 Å². The van der Waals surface area contributed by atoms with E-state index in [-0.39, 0.29) is 19.5 Å². The van der Waals surface area contributed by atoms with Crippen LogP contribution in [0.3, 0.4) is 0 Å². The van der Waals surface area contributed by atoms with E-state index in [1.807, 2.05) is 30.3 Å². The summed E-state index contributed by atoms with van der Waals surface area (Å²) in [6, 6.07) is 54.5. The molecule has 3 heteroatoms. The fourth-order valence-corrected chi connectivity index (χ4v) is 10.2. The quantitative estimate of drug-likeness (QED) is 0.132. The Morgan fingerprint density at radius 1 is 0.382 bits per heavy atom. The minimum absolute atomic E-state index is 0. The Bertz CT molecular complexity index is 966. The van der Waals surface area contributed by atoms with Gasteiger partial charge in [-0.05, 0) is 48.5 Å². The molecule has 0 aliphatic carbocycles. The van der Waals surface area contributed by atoms with Gasteiger partial charge in [-0.15, -0.1) is 0 Å². The Morgan fingerprint density at radius 3 is 0.853 bits per heavy atom. The van der Waals surface area contributed by atoms with E-state index in [9.17, 15) is 0 Å². The molecule has 0 saturated heterocycles. The van der Waals surface area contributed by atoms with Crippen LogP contribution in [0.25, 0.3) is 0 Å². The molecule has 0 fully saturated rings. The molecule has 0 aromatic heterocycles. The van der Waals surface area contributed by atoms with Gasteiger partial charge < -0.3 is 0 Å². The van der Waals surface area contributed by atoms with Gasteiger partial charge in [-0.25, -0.2) is 12.1 Å². The van der Waals surface area contributed by atoms with Crippen LogP contribution in [0.4, 0.5) is 0 Å². The second-order valence-electron chi connectivity index (χ2n) is 7.88. The van der Waals surface area contributed by atoms with Crippen molar-refractivity contribution in [1.29, 1.82) is 0 Å². The molecule has 0 atom stereocenters. The molecule has 0 N–H and O–H groups in total. The van der Waals surface area contributed by atoms with Crippen molar-refractivity contribution in [2.24, 2.45) is 0 Å². The van der Waals surface area contributed by atoms with Crippen molar-refractivity contribution in [3.8, 4) is 0 Å². The molecule has 173 valence electrons. The molecule has 0 unspecified atom stereocenters. The molecular weight excluding hydrogens is 535 g/mol. The molecule has 0 spiro atoms. The van der Waals surface area contributed by atoms with E-state index in [4.69, 9.17) is 0 Å². The molecule has 0 amide bonds. The normalized spacial score (nSPS) is 10.3. The van der Waals surface area contributed by atoms with Gasteiger partial charge >= 0.3 is 19.5 Å². The Balaban J connectivity index is 0.000000481. The van der Waals surface area contributed by atoms with Gasteiger partial charge in [-0.1, -0.05) is 72.8 Å². The van der Waals surface area contributed by atoms with Gasteiger partial charge in [0, 0.05) is 0 Å². The minimum Gasteiger partial charge on any atom is -0.214 e. The molecule has 5 aromatic rings. The summed E-state index contributed by atoms with van der Waals surface area (Å²) in [5, 5.41) is 6.06. The Hall–Kier alpha value is -2.29. The maximum atomic E-state index is 2.32. The van der Waals surface area contributed by atoms with E-state index in [1.54, 1.807) is 0 Å². The van der Waals surface area contributed by atoms with Crippen LogP contribution in [0, 0.1) is 0 Å². The van der Waals surface area contributed by atoms with Gasteiger partial charge in [-0.3, -0.25) is 0 Å². The summed E-state index contributed by atoms with van der Waals surface area (Å²) in [6.45, 7) is 0. The fraction of sp³-hybridized carbons (Fsp3) is 0.0645. The molecule has 34 heavy (non-hydrogen) atoms. The van der Waals surface area contributed by atoms with E-state index in [0.717, 1.165) is 0 Å². The van der Waals surface area contributed by atoms with Gasteiger partial charge in [0.05, 0.1) is 37.1 Å². The number of hydrogen-bond donors (Lipinski definition) is 0. The zero-order chi connectivity index (χ0) is 22.6. The van der Waals surface area contributed by atoms with Crippen molar-refractivity contribution >= 4 is 37.1 Å². The molecule has 5 rings (SSSR count). The van der Waals surface area contributed by atoms with Crippen LogP contribution >= 0.6 is 15.8 Å². The molecule has 0 saturated carbocycles. The molecule has 0 aliphatic rings. The third-order valence-corrected chi connectivity index (χ3v) is 11.8. The van der Waals surface area contributed by atoms with Crippen molar-refractivity contribution < 1.29 is 19.5 Å². The summed E-state index contributed by atoms with van der Waals surface area (Å²) in [5.41, 5.74) is 0. The van der Waals surface area contributed by atoms with Gasteiger partial charge in [0.15, 0.2) is 0 Å². The first kappa shape index (κ1) is 26.3. The standard InChI is InChI=1S/C26H24P2.C5H5.Ru.H/c1-5-13-23(14-6-1)27(24-15-7-2-8-16-24)21-22-28(25-17-9-3-10-18-25)26-19-11-4-12-20-26;1-2-4-5-3-1;;/h1-20H,21-22H2;1-5H;;/q;-1;;/p+2. The molecular formula is C31H32P2Ru+. The molecule has 0 bridgehead atoms. The van der Waals surface area contributed by atoms with Crippen LogP contribution in [0.15, 0.2) is 152 Å². The monoisotopic (exact) mass is 568 g/mol. The van der Waals surface area contributed by atoms with Crippen molar-refractivity contribution in [1.82, 2.24) is 0 Å². The Morgan fingerprint density at radius 2 is 0.647 bits per heavy atom. The molecule has 0 heterocycles. The summed E-state index contributed by atoms with van der Waals surface area (Å²) in [6.07, 6.45) is 2.52. The second-order valence-corrected chi connectivity index (χ2v) is 13.1. The summed E-state index contributed by atoms with van der Waals surface area (Å²) in [7, 11) is -1.57. The number of rotatable bonds is 7. The molecule has 0 aliphatic heterocycles. The van der Waals surface area contributed by atoms with Crippen molar-refractivity contribution in [3.63, 3.8) is 0 Å². The average Bonchev–Trinajstić information content (AvgIpc) is 3.49. The van der Waals surface area contributed by atoms with Crippen LogP contribution in [0.2, 0.25) is 0 Å². The predicted molar refractivity (Wildman–Crippen MR) is 154 cm³/mol. The van der Waals surface area contributed by atoms with E-state index in [1.165, 1.54) is 33.5 Å². The first-order valence-electron chi connectivity index (χ1n) is 11.5. The predicted octanol–water partition coefficient (Wildman–Crippen LogP) is 5.85. The van der Waals surface area contributed by atoms with E-state index >= 15 is 0 Å². The topological polar surface area (TPSA) is 0 Å². The largest absolute Gasteiger partial charge is 0.214 e. The summed E-state index contributed by atoms with van der Waals surface area (Å²) < 4.78 is 0. The first-order valence-corrected chi connectivity index (χ1v) is 14.9. The third-order valence-electron chi connectivity index (χ3n) is 5.67.